The average Bonchev–Trinajstić information content (AvgIpc) is 3.09. The minimum absolute atomic E-state index is 0.0976. The van der Waals surface area contributed by atoms with E-state index in [1.165, 1.54) is 0 Å². The Bertz CT molecular complexity index is 1330. The quantitative estimate of drug-likeness (QED) is 0.299. The molecule has 10 heteroatoms. The highest BCUT2D eigenvalue weighted by Crippen LogP contribution is 2.35. The lowest BCUT2D eigenvalue weighted by molar-refractivity contribution is -0.123. The van der Waals surface area contributed by atoms with Gasteiger partial charge in [-0.3, -0.25) is 19.3 Å². The number of rotatable bonds is 7. The Kier molecular flexibility index (Phi) is 8.18. The summed E-state index contributed by atoms with van der Waals surface area (Å²) in [5.74, 6) is -0.207. The van der Waals surface area contributed by atoms with Gasteiger partial charge in [-0.25, -0.2) is 0 Å². The number of hydrogen-bond acceptors (Lipinski definition) is 5. The van der Waals surface area contributed by atoms with Gasteiger partial charge in [-0.2, -0.15) is 0 Å². The number of thioether (sulfide) groups is 1. The van der Waals surface area contributed by atoms with E-state index in [-0.39, 0.29) is 30.2 Å². The fourth-order valence-corrected chi connectivity index (χ4v) is 4.86. The smallest absolute Gasteiger partial charge is 0.293 e. The lowest BCUT2D eigenvalue weighted by Gasteiger charge is -2.13. The zero-order valence-electron chi connectivity index (χ0n) is 18.0. The highest BCUT2D eigenvalue weighted by molar-refractivity contribution is 9.10. The number of nitrogens with one attached hydrogen (secondary N) is 1. The van der Waals surface area contributed by atoms with Gasteiger partial charge in [0.25, 0.3) is 17.1 Å². The summed E-state index contributed by atoms with van der Waals surface area (Å²) in [5, 5.41) is 3.14. The minimum atomic E-state index is -0.389. The maximum Gasteiger partial charge on any atom is 0.293 e. The van der Waals surface area contributed by atoms with E-state index in [0.717, 1.165) is 16.7 Å². The molecule has 6 nitrogen and oxygen atoms in total. The number of halogens is 3. The van der Waals surface area contributed by atoms with Crippen molar-refractivity contribution in [3.05, 3.63) is 97.3 Å². The third-order valence-electron chi connectivity index (χ3n) is 4.87. The zero-order valence-corrected chi connectivity index (χ0v) is 21.9. The third kappa shape index (κ3) is 6.46. The molecule has 0 bridgehead atoms. The van der Waals surface area contributed by atoms with Crippen LogP contribution in [0.25, 0.3) is 6.08 Å². The van der Waals surface area contributed by atoms with Crippen molar-refractivity contribution in [3.63, 3.8) is 0 Å². The van der Waals surface area contributed by atoms with Gasteiger partial charge >= 0.3 is 0 Å². The van der Waals surface area contributed by atoms with E-state index in [9.17, 15) is 14.4 Å². The molecule has 4 rings (SSSR count). The maximum atomic E-state index is 12.8. The lowest BCUT2D eigenvalue weighted by atomic mass is 10.2. The Morgan fingerprint density at radius 3 is 2.51 bits per heavy atom. The van der Waals surface area contributed by atoms with Gasteiger partial charge < -0.3 is 10.1 Å². The van der Waals surface area contributed by atoms with Crippen LogP contribution in [0.5, 0.6) is 5.75 Å². The van der Waals surface area contributed by atoms with Crippen molar-refractivity contribution in [2.75, 3.05) is 11.9 Å². The van der Waals surface area contributed by atoms with Crippen LogP contribution in [0.2, 0.25) is 10.0 Å². The molecular formula is C25H17BrCl2N2O4S. The molecule has 0 aliphatic carbocycles. The van der Waals surface area contributed by atoms with Crippen LogP contribution in [0.1, 0.15) is 11.1 Å². The number of anilines is 1. The Morgan fingerprint density at radius 1 is 1.03 bits per heavy atom. The molecule has 0 atom stereocenters. The largest absolute Gasteiger partial charge is 0.483 e. The van der Waals surface area contributed by atoms with Gasteiger partial charge in [-0.1, -0.05) is 53.5 Å². The molecule has 3 aromatic carbocycles. The van der Waals surface area contributed by atoms with Crippen LogP contribution < -0.4 is 10.1 Å². The fraction of sp³-hybridized carbons (Fsp3) is 0.0800. The summed E-state index contributed by atoms with van der Waals surface area (Å²) in [6, 6.07) is 19.2. The molecule has 0 spiro atoms. The molecule has 1 saturated heterocycles. The highest BCUT2D eigenvalue weighted by Gasteiger charge is 2.35. The Hall–Kier alpha value is -2.78. The van der Waals surface area contributed by atoms with E-state index in [0.29, 0.717) is 42.0 Å². The lowest BCUT2D eigenvalue weighted by Crippen LogP contribution is -2.27. The third-order valence-corrected chi connectivity index (χ3v) is 7.13. The van der Waals surface area contributed by atoms with Gasteiger partial charge in [0.15, 0.2) is 6.61 Å². The van der Waals surface area contributed by atoms with Crippen LogP contribution in [0.4, 0.5) is 10.5 Å². The fourth-order valence-electron chi connectivity index (χ4n) is 3.19. The number of amides is 3. The summed E-state index contributed by atoms with van der Waals surface area (Å²) in [7, 11) is 0. The minimum Gasteiger partial charge on any atom is -0.483 e. The van der Waals surface area contributed by atoms with Crippen LogP contribution >= 0.6 is 50.9 Å². The standard InChI is InChI=1S/C25H17BrCl2N2O4S/c26-18-10-15(7-9-21(18)34-14-23(31)29-17-4-2-1-3-5-17)12-22-24(32)30(25(33)35-22)13-16-6-8-19(27)20(28)11-16/h1-12H,13-14H2,(H,29,31)/b22-12-. The van der Waals surface area contributed by atoms with Gasteiger partial charge in [0, 0.05) is 5.69 Å². The molecule has 1 heterocycles. The number of imide groups is 1. The predicted octanol–water partition coefficient (Wildman–Crippen LogP) is 7.01. The van der Waals surface area contributed by atoms with Crippen LogP contribution in [0.3, 0.4) is 0 Å². The molecule has 1 aliphatic rings. The molecule has 1 N–H and O–H groups in total. The summed E-state index contributed by atoms with van der Waals surface area (Å²) >= 11 is 16.3. The van der Waals surface area contributed by atoms with E-state index in [1.807, 2.05) is 18.2 Å². The zero-order chi connectivity index (χ0) is 24.9. The van der Waals surface area contributed by atoms with Crippen molar-refractivity contribution in [1.82, 2.24) is 4.90 Å². The second-order valence-electron chi connectivity index (χ2n) is 7.41. The van der Waals surface area contributed by atoms with Gasteiger partial charge in [0.05, 0.1) is 26.0 Å². The second kappa shape index (κ2) is 11.3. The maximum absolute atomic E-state index is 12.8. The number of nitrogens with zero attached hydrogens (tertiary/aromatic N) is 1. The van der Waals surface area contributed by atoms with Gasteiger partial charge in [0.1, 0.15) is 5.75 Å². The van der Waals surface area contributed by atoms with E-state index in [2.05, 4.69) is 21.2 Å². The number of ether oxygens (including phenoxy) is 1. The molecule has 35 heavy (non-hydrogen) atoms. The van der Waals surface area contributed by atoms with Crippen LogP contribution in [-0.4, -0.2) is 28.6 Å². The van der Waals surface area contributed by atoms with E-state index in [1.54, 1.807) is 54.6 Å². The molecule has 178 valence electrons. The summed E-state index contributed by atoms with van der Waals surface area (Å²) in [6.07, 6.45) is 1.64. The molecule has 0 saturated carbocycles. The molecule has 1 fully saturated rings. The first-order valence-electron chi connectivity index (χ1n) is 10.3. The van der Waals surface area contributed by atoms with Gasteiger partial charge in [-0.05, 0) is 81.3 Å². The first-order valence-corrected chi connectivity index (χ1v) is 12.6. The van der Waals surface area contributed by atoms with Crippen LogP contribution in [-0.2, 0) is 16.1 Å². The van der Waals surface area contributed by atoms with Crippen molar-refractivity contribution < 1.29 is 19.1 Å². The van der Waals surface area contributed by atoms with E-state index in [4.69, 9.17) is 27.9 Å². The average molecular weight is 592 g/mol. The Balaban J connectivity index is 1.39. The SMILES string of the molecule is O=C(COc1ccc(/C=C2\SC(=O)N(Cc3ccc(Cl)c(Cl)c3)C2=O)cc1Br)Nc1ccccc1. The molecule has 0 unspecified atom stereocenters. The molecule has 0 radical (unpaired) electrons. The first-order chi connectivity index (χ1) is 16.8. The van der Waals surface area contributed by atoms with Gasteiger partial charge in [-0.15, -0.1) is 0 Å². The van der Waals surface area contributed by atoms with Crippen molar-refractivity contribution >= 4 is 79.7 Å². The van der Waals surface area contributed by atoms with E-state index < -0.39 is 0 Å². The first kappa shape index (κ1) is 25.3. The molecule has 3 amide bonds. The highest BCUT2D eigenvalue weighted by atomic mass is 79.9. The van der Waals surface area contributed by atoms with Crippen LogP contribution in [0, 0.1) is 0 Å². The van der Waals surface area contributed by atoms with Crippen LogP contribution in [0.15, 0.2) is 76.1 Å². The molecule has 3 aromatic rings. The summed E-state index contributed by atoms with van der Waals surface area (Å²) in [4.78, 5) is 38.8. The number of para-hydroxylation sites is 1. The Labute approximate surface area is 224 Å². The van der Waals surface area contributed by atoms with Crippen molar-refractivity contribution in [3.8, 4) is 5.75 Å². The molecule has 1 aliphatic heterocycles. The number of carbonyl (C=O) groups excluding carboxylic acids is 3. The monoisotopic (exact) mass is 590 g/mol. The number of hydrogen-bond donors (Lipinski definition) is 1. The molecular weight excluding hydrogens is 575 g/mol. The van der Waals surface area contributed by atoms with Crippen molar-refractivity contribution in [2.24, 2.45) is 0 Å². The second-order valence-corrected chi connectivity index (χ2v) is 10.1. The number of carbonyl (C=O) groups is 3. The molecule has 0 aromatic heterocycles. The Morgan fingerprint density at radius 2 is 1.80 bits per heavy atom. The summed E-state index contributed by atoms with van der Waals surface area (Å²) in [5.41, 5.74) is 2.07. The summed E-state index contributed by atoms with van der Waals surface area (Å²) in [6.45, 7) is -0.0686. The normalized spacial score (nSPS) is 14.5. The summed E-state index contributed by atoms with van der Waals surface area (Å²) < 4.78 is 6.21. The van der Waals surface area contributed by atoms with Crippen molar-refractivity contribution in [2.45, 2.75) is 6.54 Å². The van der Waals surface area contributed by atoms with Crippen molar-refractivity contribution in [1.29, 1.82) is 0 Å². The topological polar surface area (TPSA) is 75.7 Å². The van der Waals surface area contributed by atoms with E-state index >= 15 is 0 Å². The van der Waals surface area contributed by atoms with Gasteiger partial charge in [0.2, 0.25) is 0 Å². The number of benzene rings is 3. The predicted molar refractivity (Wildman–Crippen MR) is 143 cm³/mol.